The summed E-state index contributed by atoms with van der Waals surface area (Å²) in [5.74, 6) is 0.448. The summed E-state index contributed by atoms with van der Waals surface area (Å²) in [6, 6.07) is 0.433. The maximum Gasteiger partial charge on any atom is 0.211 e. The lowest BCUT2D eigenvalue weighted by atomic mass is 9.95. The fourth-order valence-corrected chi connectivity index (χ4v) is 5.45. The summed E-state index contributed by atoms with van der Waals surface area (Å²) >= 11 is 1.74. The van der Waals surface area contributed by atoms with E-state index >= 15 is 0 Å². The molecule has 2 saturated heterocycles. The van der Waals surface area contributed by atoms with Gasteiger partial charge in [0.1, 0.15) is 5.01 Å². The summed E-state index contributed by atoms with van der Waals surface area (Å²) < 4.78 is 25.2. The molecule has 2 fully saturated rings. The van der Waals surface area contributed by atoms with Crippen molar-refractivity contribution in [1.82, 2.24) is 14.2 Å². The Kier molecular flexibility index (Phi) is 5.17. The van der Waals surface area contributed by atoms with E-state index in [0.717, 1.165) is 25.9 Å². The quantitative estimate of drug-likeness (QED) is 0.842. The van der Waals surface area contributed by atoms with Crippen LogP contribution in [0.2, 0.25) is 0 Å². The summed E-state index contributed by atoms with van der Waals surface area (Å²) in [7, 11) is -3.05. The molecule has 0 aliphatic carbocycles. The van der Waals surface area contributed by atoms with Gasteiger partial charge in [-0.3, -0.25) is 4.90 Å². The van der Waals surface area contributed by atoms with Gasteiger partial charge in [-0.25, -0.2) is 17.7 Å². The smallest absolute Gasteiger partial charge is 0.211 e. The van der Waals surface area contributed by atoms with E-state index < -0.39 is 10.0 Å². The molecular formula is C15H25N3O2S2. The van der Waals surface area contributed by atoms with Crippen molar-refractivity contribution in [3.63, 3.8) is 0 Å². The number of aromatic nitrogens is 1. The third-order valence-corrected chi connectivity index (χ3v) is 6.94. The van der Waals surface area contributed by atoms with Crippen LogP contribution in [0.5, 0.6) is 0 Å². The van der Waals surface area contributed by atoms with Gasteiger partial charge < -0.3 is 0 Å². The first-order valence-electron chi connectivity index (χ1n) is 8.12. The Bertz CT molecular complexity index is 574. The van der Waals surface area contributed by atoms with E-state index in [-0.39, 0.29) is 0 Å². The van der Waals surface area contributed by atoms with Crippen LogP contribution in [0.1, 0.15) is 43.2 Å². The molecule has 2 aliphatic rings. The molecule has 124 valence electrons. The van der Waals surface area contributed by atoms with Gasteiger partial charge in [-0.15, -0.1) is 11.3 Å². The second kappa shape index (κ2) is 6.95. The highest BCUT2D eigenvalue weighted by molar-refractivity contribution is 7.88. The second-order valence-corrected chi connectivity index (χ2v) is 9.41. The molecule has 3 rings (SSSR count). The highest BCUT2D eigenvalue weighted by atomic mass is 32.2. The molecule has 0 aromatic carbocycles. The van der Waals surface area contributed by atoms with E-state index in [1.165, 1.54) is 30.5 Å². The minimum Gasteiger partial charge on any atom is -0.294 e. The molecule has 0 saturated carbocycles. The Morgan fingerprint density at radius 2 is 2.14 bits per heavy atom. The van der Waals surface area contributed by atoms with Crippen LogP contribution in [0.25, 0.3) is 0 Å². The predicted octanol–water partition coefficient (Wildman–Crippen LogP) is 2.34. The molecule has 5 nitrogen and oxygen atoms in total. The first-order chi connectivity index (χ1) is 10.5. The molecule has 0 radical (unpaired) electrons. The van der Waals surface area contributed by atoms with Crippen molar-refractivity contribution < 1.29 is 8.42 Å². The summed E-state index contributed by atoms with van der Waals surface area (Å²) in [6.45, 7) is 3.47. The van der Waals surface area contributed by atoms with Gasteiger partial charge in [-0.05, 0) is 38.1 Å². The maximum atomic E-state index is 11.8. The van der Waals surface area contributed by atoms with Crippen LogP contribution in [-0.2, 0) is 10.0 Å². The molecule has 0 spiro atoms. The number of likely N-dealkylation sites (tertiary alicyclic amines) is 1. The van der Waals surface area contributed by atoms with Crippen LogP contribution in [0.3, 0.4) is 0 Å². The molecule has 3 heterocycles. The topological polar surface area (TPSA) is 53.5 Å². The Hall–Kier alpha value is -0.500. The number of piperidine rings is 2. The van der Waals surface area contributed by atoms with Crippen molar-refractivity contribution in [2.45, 2.75) is 38.1 Å². The van der Waals surface area contributed by atoms with Crippen LogP contribution in [0, 0.1) is 5.92 Å². The lowest BCUT2D eigenvalue weighted by molar-refractivity contribution is 0.105. The average Bonchev–Trinajstić information content (AvgIpc) is 3.01. The molecule has 0 bridgehead atoms. The van der Waals surface area contributed by atoms with Crippen LogP contribution < -0.4 is 0 Å². The minimum atomic E-state index is -3.05. The fourth-order valence-electron chi connectivity index (χ4n) is 3.70. The number of sulfonamides is 1. The Morgan fingerprint density at radius 3 is 2.86 bits per heavy atom. The van der Waals surface area contributed by atoms with Crippen molar-refractivity contribution in [3.8, 4) is 0 Å². The highest BCUT2D eigenvalue weighted by Gasteiger charge is 2.31. The normalized spacial score (nSPS) is 28.8. The van der Waals surface area contributed by atoms with Crippen LogP contribution in [0.15, 0.2) is 11.6 Å². The highest BCUT2D eigenvalue weighted by Crippen LogP contribution is 2.33. The van der Waals surface area contributed by atoms with E-state index in [4.69, 9.17) is 0 Å². The first-order valence-corrected chi connectivity index (χ1v) is 10.9. The predicted molar refractivity (Wildman–Crippen MR) is 89.4 cm³/mol. The van der Waals surface area contributed by atoms with Crippen LogP contribution in [0.4, 0.5) is 0 Å². The summed E-state index contributed by atoms with van der Waals surface area (Å²) in [5.41, 5.74) is 0. The van der Waals surface area contributed by atoms with Gasteiger partial charge in [0, 0.05) is 31.2 Å². The Balaban J connectivity index is 1.65. The Morgan fingerprint density at radius 1 is 1.27 bits per heavy atom. The lowest BCUT2D eigenvalue weighted by Crippen LogP contribution is -2.45. The first kappa shape index (κ1) is 16.4. The largest absolute Gasteiger partial charge is 0.294 e. The number of hydrogen-bond donors (Lipinski definition) is 0. The maximum absolute atomic E-state index is 11.8. The zero-order chi connectivity index (χ0) is 15.6. The molecule has 2 atom stereocenters. The molecule has 1 aromatic rings. The third-order valence-electron chi connectivity index (χ3n) is 4.79. The standard InChI is InChI=1S/C15H25N3O2S2/c1-22(19,20)18-9-4-5-13(12-18)11-17-8-3-2-6-14(17)15-16-7-10-21-15/h7,10,13-14H,2-6,8-9,11-12H2,1H3/t13-,14-/m0/s1. The van der Waals surface area contributed by atoms with Crippen LogP contribution >= 0.6 is 11.3 Å². The minimum absolute atomic E-state index is 0.433. The monoisotopic (exact) mass is 343 g/mol. The summed E-state index contributed by atoms with van der Waals surface area (Å²) in [4.78, 5) is 7.05. The molecular weight excluding hydrogens is 318 g/mol. The van der Waals surface area contributed by atoms with Crippen molar-refractivity contribution in [3.05, 3.63) is 16.6 Å². The Labute approximate surface area is 137 Å². The molecule has 7 heteroatoms. The van der Waals surface area contributed by atoms with Gasteiger partial charge >= 0.3 is 0 Å². The van der Waals surface area contributed by atoms with Gasteiger partial charge in [-0.1, -0.05) is 6.42 Å². The van der Waals surface area contributed by atoms with Crippen molar-refractivity contribution in [2.75, 3.05) is 32.4 Å². The molecule has 1 aromatic heterocycles. The van der Waals surface area contributed by atoms with Gasteiger partial charge in [0.2, 0.25) is 10.0 Å². The molecule has 0 unspecified atom stereocenters. The van der Waals surface area contributed by atoms with Gasteiger partial charge in [-0.2, -0.15) is 0 Å². The summed E-state index contributed by atoms with van der Waals surface area (Å²) in [5, 5.41) is 3.27. The van der Waals surface area contributed by atoms with Crippen LogP contribution in [-0.4, -0.2) is 55.0 Å². The lowest BCUT2D eigenvalue weighted by Gasteiger charge is -2.39. The zero-order valence-corrected chi connectivity index (χ0v) is 14.8. The molecule has 2 aliphatic heterocycles. The zero-order valence-electron chi connectivity index (χ0n) is 13.1. The van der Waals surface area contributed by atoms with E-state index in [2.05, 4.69) is 9.88 Å². The van der Waals surface area contributed by atoms with Gasteiger partial charge in [0.15, 0.2) is 0 Å². The second-order valence-electron chi connectivity index (χ2n) is 6.51. The average molecular weight is 344 g/mol. The SMILES string of the molecule is CS(=O)(=O)N1CCC[C@@H](CN2CCCC[C@H]2c2nccs2)C1. The number of thiazole rings is 1. The van der Waals surface area contributed by atoms with E-state index in [1.807, 2.05) is 11.6 Å². The number of hydrogen-bond acceptors (Lipinski definition) is 5. The molecule has 22 heavy (non-hydrogen) atoms. The number of nitrogens with zero attached hydrogens (tertiary/aromatic N) is 3. The third kappa shape index (κ3) is 3.88. The van der Waals surface area contributed by atoms with Crippen molar-refractivity contribution >= 4 is 21.4 Å². The van der Waals surface area contributed by atoms with E-state index in [9.17, 15) is 8.42 Å². The summed E-state index contributed by atoms with van der Waals surface area (Å²) in [6.07, 6.45) is 9.01. The van der Waals surface area contributed by atoms with E-state index in [0.29, 0.717) is 25.0 Å². The van der Waals surface area contributed by atoms with Crippen molar-refractivity contribution in [1.29, 1.82) is 0 Å². The van der Waals surface area contributed by atoms with Crippen molar-refractivity contribution in [2.24, 2.45) is 5.92 Å². The molecule has 0 N–H and O–H groups in total. The van der Waals surface area contributed by atoms with E-state index in [1.54, 1.807) is 15.6 Å². The molecule has 0 amide bonds. The van der Waals surface area contributed by atoms with Gasteiger partial charge in [0.25, 0.3) is 0 Å². The van der Waals surface area contributed by atoms with Gasteiger partial charge in [0.05, 0.1) is 12.3 Å². The number of rotatable bonds is 4. The fraction of sp³-hybridized carbons (Fsp3) is 0.800.